The Morgan fingerprint density at radius 1 is 0.941 bits per heavy atom. The van der Waals surface area contributed by atoms with Crippen LogP contribution in [-0.2, 0) is 21.8 Å². The number of hydrogen-bond donors (Lipinski definition) is 1. The molecule has 1 amide bonds. The number of amides is 1. The second-order valence-electron chi connectivity index (χ2n) is 9.05. The molecule has 0 aromatic heterocycles. The first-order chi connectivity index (χ1) is 16.2. The van der Waals surface area contributed by atoms with Crippen LogP contribution in [0.2, 0.25) is 0 Å². The molecule has 2 aromatic rings. The zero-order chi connectivity index (χ0) is 24.3. The Hall–Kier alpha value is -2.39. The largest absolute Gasteiger partial charge is 0.416 e. The molecule has 1 heterocycles. The van der Waals surface area contributed by atoms with E-state index in [0.29, 0.717) is 6.54 Å². The second kappa shape index (κ2) is 10.1. The minimum atomic E-state index is -4.79. The Morgan fingerprint density at radius 3 is 2.26 bits per heavy atom. The van der Waals surface area contributed by atoms with E-state index in [1.165, 1.54) is 36.4 Å². The summed E-state index contributed by atoms with van der Waals surface area (Å²) in [5, 5.41) is 3.24. The molecule has 1 unspecified atom stereocenters. The van der Waals surface area contributed by atoms with Crippen molar-refractivity contribution in [3.05, 3.63) is 65.2 Å². The monoisotopic (exact) mass is 494 g/mol. The van der Waals surface area contributed by atoms with Crippen LogP contribution >= 0.6 is 0 Å². The molecule has 2 fully saturated rings. The summed E-state index contributed by atoms with van der Waals surface area (Å²) in [5.74, 6) is -1.40. The van der Waals surface area contributed by atoms with E-state index in [4.69, 9.17) is 0 Å². The molecular formula is C25H29F3N2O3S. The van der Waals surface area contributed by atoms with Crippen molar-refractivity contribution in [1.29, 1.82) is 0 Å². The highest BCUT2D eigenvalue weighted by Gasteiger charge is 2.39. The summed E-state index contributed by atoms with van der Waals surface area (Å²) in [6.45, 7) is 1.32. The Labute approximate surface area is 198 Å². The number of benzene rings is 2. The summed E-state index contributed by atoms with van der Waals surface area (Å²) in [6, 6.07) is 10.6. The first-order valence-electron chi connectivity index (χ1n) is 11.7. The lowest BCUT2D eigenvalue weighted by Crippen LogP contribution is -2.49. The van der Waals surface area contributed by atoms with Crippen LogP contribution in [0.1, 0.15) is 60.0 Å². The maximum absolute atomic E-state index is 14.0. The average Bonchev–Trinajstić information content (AvgIpc) is 3.34. The Balaban J connectivity index is 1.79. The lowest BCUT2D eigenvalue weighted by Gasteiger charge is -2.39. The maximum Gasteiger partial charge on any atom is 0.416 e. The minimum Gasteiger partial charge on any atom is -0.331 e. The molecule has 1 aliphatic heterocycles. The van der Waals surface area contributed by atoms with Gasteiger partial charge < -0.3 is 10.2 Å². The first-order valence-corrected chi connectivity index (χ1v) is 13.3. The zero-order valence-corrected chi connectivity index (χ0v) is 19.7. The summed E-state index contributed by atoms with van der Waals surface area (Å²) < 4.78 is 68.2. The Kier molecular flexibility index (Phi) is 7.33. The number of carbonyl (C=O) groups excluding carboxylic acids is 1. The molecule has 1 aliphatic carbocycles. The number of alkyl halides is 3. The number of hydrogen-bond acceptors (Lipinski definition) is 4. The van der Waals surface area contributed by atoms with Crippen LogP contribution in [0.25, 0.3) is 0 Å². The van der Waals surface area contributed by atoms with E-state index in [-0.39, 0.29) is 22.5 Å². The van der Waals surface area contributed by atoms with E-state index in [9.17, 15) is 26.4 Å². The van der Waals surface area contributed by atoms with Gasteiger partial charge in [0.1, 0.15) is 0 Å². The van der Waals surface area contributed by atoms with Gasteiger partial charge in [0.05, 0.1) is 16.2 Å². The Morgan fingerprint density at radius 2 is 1.65 bits per heavy atom. The highest BCUT2D eigenvalue weighted by atomic mass is 32.2. The summed E-state index contributed by atoms with van der Waals surface area (Å²) >= 11 is 0. The van der Waals surface area contributed by atoms with Gasteiger partial charge in [-0.25, -0.2) is 8.42 Å². The fourth-order valence-corrected chi connectivity index (χ4v) is 6.54. The van der Waals surface area contributed by atoms with Crippen molar-refractivity contribution in [2.24, 2.45) is 0 Å². The number of nitrogens with zero attached hydrogens (tertiary/aromatic N) is 1. The number of rotatable bonds is 6. The van der Waals surface area contributed by atoms with Crippen molar-refractivity contribution in [2.75, 3.05) is 13.1 Å². The fraction of sp³-hybridized carbons (Fsp3) is 0.480. The van der Waals surface area contributed by atoms with E-state index in [0.717, 1.165) is 51.1 Å². The van der Waals surface area contributed by atoms with Crippen molar-refractivity contribution in [3.63, 3.8) is 0 Å². The highest BCUT2D eigenvalue weighted by molar-refractivity contribution is 7.90. The van der Waals surface area contributed by atoms with Crippen LogP contribution in [0.3, 0.4) is 0 Å². The summed E-state index contributed by atoms with van der Waals surface area (Å²) in [4.78, 5) is 15.6. The molecule has 2 aliphatic rings. The maximum atomic E-state index is 14.0. The third kappa shape index (κ3) is 5.30. The molecule has 2 aromatic carbocycles. The minimum absolute atomic E-state index is 0.0562. The predicted molar refractivity (Wildman–Crippen MR) is 123 cm³/mol. The van der Waals surface area contributed by atoms with Gasteiger partial charge in [-0.15, -0.1) is 0 Å². The van der Waals surface area contributed by atoms with Crippen molar-refractivity contribution < 1.29 is 26.4 Å². The van der Waals surface area contributed by atoms with Crippen molar-refractivity contribution in [2.45, 2.75) is 67.4 Å². The lowest BCUT2D eigenvalue weighted by atomic mass is 9.91. The van der Waals surface area contributed by atoms with Crippen LogP contribution in [0.4, 0.5) is 13.2 Å². The third-order valence-corrected chi connectivity index (χ3v) is 8.44. The van der Waals surface area contributed by atoms with Gasteiger partial charge >= 0.3 is 6.18 Å². The molecule has 184 valence electrons. The third-order valence-electron chi connectivity index (χ3n) is 6.78. The van der Waals surface area contributed by atoms with Gasteiger partial charge in [0.2, 0.25) is 0 Å². The number of carbonyl (C=O) groups is 1. The van der Waals surface area contributed by atoms with Crippen molar-refractivity contribution >= 4 is 15.7 Å². The first kappa shape index (κ1) is 24.7. The molecule has 0 radical (unpaired) electrons. The fourth-order valence-electron chi connectivity index (χ4n) is 5.11. The number of sulfone groups is 1. The molecule has 0 spiro atoms. The van der Waals surface area contributed by atoms with Gasteiger partial charge in [-0.05, 0) is 55.6 Å². The van der Waals surface area contributed by atoms with E-state index in [1.54, 1.807) is 11.0 Å². The van der Waals surface area contributed by atoms with Gasteiger partial charge in [0.25, 0.3) is 5.91 Å². The predicted octanol–water partition coefficient (Wildman–Crippen LogP) is 4.82. The zero-order valence-electron chi connectivity index (χ0n) is 18.9. The molecule has 1 atom stereocenters. The molecule has 0 bridgehead atoms. The van der Waals surface area contributed by atoms with E-state index < -0.39 is 38.8 Å². The highest BCUT2D eigenvalue weighted by Crippen LogP contribution is 2.37. The van der Waals surface area contributed by atoms with Crippen molar-refractivity contribution in [1.82, 2.24) is 10.2 Å². The second-order valence-corrected chi connectivity index (χ2v) is 11.0. The molecule has 4 rings (SSSR count). The number of nitrogens with one attached hydrogen (secondary N) is 1. The smallest absolute Gasteiger partial charge is 0.331 e. The van der Waals surface area contributed by atoms with Gasteiger partial charge in [-0.1, -0.05) is 43.5 Å². The molecule has 1 N–H and O–H groups in total. The molecule has 1 saturated heterocycles. The van der Waals surface area contributed by atoms with Crippen LogP contribution in [0.15, 0.2) is 53.4 Å². The van der Waals surface area contributed by atoms with Gasteiger partial charge in [0, 0.05) is 24.2 Å². The van der Waals surface area contributed by atoms with Crippen LogP contribution < -0.4 is 5.32 Å². The SMILES string of the molecule is O=C(c1cccc(C(F)(F)F)c1CS(=O)(=O)c1ccccc1)N(C1CCCCC1)C1CCNC1. The Bertz CT molecular complexity index is 1110. The van der Waals surface area contributed by atoms with Crippen LogP contribution in [0.5, 0.6) is 0 Å². The van der Waals surface area contributed by atoms with Gasteiger partial charge in [-0.3, -0.25) is 4.79 Å². The van der Waals surface area contributed by atoms with E-state index >= 15 is 0 Å². The van der Waals surface area contributed by atoms with Gasteiger partial charge in [0.15, 0.2) is 9.84 Å². The van der Waals surface area contributed by atoms with E-state index in [2.05, 4.69) is 5.32 Å². The standard InChI is InChI=1S/C25H29F3N2O3S/c26-25(27,28)23-13-7-12-21(22(23)17-34(32,33)20-10-5-2-6-11-20)24(31)30(19-14-15-29-16-19)18-8-3-1-4-9-18/h2,5-7,10-13,18-19,29H,1,3-4,8-9,14-17H2. The summed E-state index contributed by atoms with van der Waals surface area (Å²) in [6.07, 6.45) is 0.545. The lowest BCUT2D eigenvalue weighted by molar-refractivity contribution is -0.138. The average molecular weight is 495 g/mol. The molecule has 9 heteroatoms. The van der Waals surface area contributed by atoms with E-state index in [1.807, 2.05) is 0 Å². The van der Waals surface area contributed by atoms with Crippen LogP contribution in [-0.4, -0.2) is 44.4 Å². The molecule has 34 heavy (non-hydrogen) atoms. The topological polar surface area (TPSA) is 66.5 Å². The summed E-state index contributed by atoms with van der Waals surface area (Å²) in [5.41, 5.74) is -1.73. The normalized spacial score (nSPS) is 19.8. The quantitative estimate of drug-likeness (QED) is 0.626. The molecule has 5 nitrogen and oxygen atoms in total. The number of halogens is 3. The van der Waals surface area contributed by atoms with Crippen LogP contribution in [0, 0.1) is 0 Å². The molecular weight excluding hydrogens is 465 g/mol. The summed E-state index contributed by atoms with van der Waals surface area (Å²) in [7, 11) is -4.10. The molecule has 1 saturated carbocycles. The van der Waals surface area contributed by atoms with Crippen molar-refractivity contribution in [3.8, 4) is 0 Å². The van der Waals surface area contributed by atoms with Gasteiger partial charge in [-0.2, -0.15) is 13.2 Å².